The molecule has 7 nitrogen and oxygen atoms in total. The van der Waals surface area contributed by atoms with E-state index in [0.29, 0.717) is 23.4 Å². The number of carbonyl (C=O) groups is 1. The molecular weight excluding hydrogens is 373 g/mol. The van der Waals surface area contributed by atoms with E-state index < -0.39 is 18.1 Å². The Morgan fingerprint density at radius 3 is 2.82 bits per heavy atom. The summed E-state index contributed by atoms with van der Waals surface area (Å²) in [4.78, 5) is 22.2. The van der Waals surface area contributed by atoms with Crippen LogP contribution < -0.4 is 10.2 Å². The maximum absolute atomic E-state index is 13.3. The van der Waals surface area contributed by atoms with Crippen LogP contribution in [0.4, 0.5) is 24.7 Å². The predicted octanol–water partition coefficient (Wildman–Crippen LogP) is 3.22. The first kappa shape index (κ1) is 18.2. The van der Waals surface area contributed by atoms with Gasteiger partial charge in [0.15, 0.2) is 11.3 Å². The normalized spacial score (nSPS) is 17.3. The zero-order valence-corrected chi connectivity index (χ0v) is 14.9. The molecular formula is C18H17F3N6O. The molecule has 4 heterocycles. The highest BCUT2D eigenvalue weighted by molar-refractivity contribution is 6.04. The van der Waals surface area contributed by atoms with Gasteiger partial charge in [0.25, 0.3) is 5.91 Å². The van der Waals surface area contributed by atoms with E-state index in [4.69, 9.17) is 0 Å². The number of aryl methyl sites for hydroxylation is 1. The molecule has 1 aliphatic heterocycles. The third-order valence-electron chi connectivity index (χ3n) is 4.70. The van der Waals surface area contributed by atoms with Crippen molar-refractivity contribution in [3.8, 4) is 0 Å². The van der Waals surface area contributed by atoms with Gasteiger partial charge in [-0.1, -0.05) is 0 Å². The van der Waals surface area contributed by atoms with Crippen LogP contribution in [0.25, 0.3) is 5.65 Å². The monoisotopic (exact) mass is 390 g/mol. The summed E-state index contributed by atoms with van der Waals surface area (Å²) >= 11 is 0. The Labute approximate surface area is 158 Å². The topological polar surface area (TPSA) is 75.4 Å². The van der Waals surface area contributed by atoms with Crippen molar-refractivity contribution < 1.29 is 18.0 Å². The Hall–Kier alpha value is -3.17. The number of alkyl halides is 3. The van der Waals surface area contributed by atoms with Crippen LogP contribution in [0.5, 0.6) is 0 Å². The van der Waals surface area contributed by atoms with Crippen molar-refractivity contribution in [3.05, 3.63) is 48.0 Å². The summed E-state index contributed by atoms with van der Waals surface area (Å²) in [7, 11) is 0. The van der Waals surface area contributed by atoms with Gasteiger partial charge in [0.05, 0.1) is 17.6 Å². The summed E-state index contributed by atoms with van der Waals surface area (Å²) in [6.07, 6.45) is -0.802. The highest BCUT2D eigenvalue weighted by Crippen LogP contribution is 2.35. The van der Waals surface area contributed by atoms with Gasteiger partial charge >= 0.3 is 6.18 Å². The highest BCUT2D eigenvalue weighted by atomic mass is 19.4. The Morgan fingerprint density at radius 1 is 1.29 bits per heavy atom. The van der Waals surface area contributed by atoms with Crippen molar-refractivity contribution in [1.29, 1.82) is 0 Å². The third-order valence-corrected chi connectivity index (χ3v) is 4.70. The van der Waals surface area contributed by atoms with E-state index in [1.807, 2.05) is 0 Å². The number of aromatic nitrogens is 4. The van der Waals surface area contributed by atoms with Gasteiger partial charge in [-0.3, -0.25) is 9.78 Å². The number of pyridine rings is 1. The predicted molar refractivity (Wildman–Crippen MR) is 96.3 cm³/mol. The van der Waals surface area contributed by atoms with Gasteiger partial charge < -0.3 is 10.2 Å². The zero-order valence-electron chi connectivity index (χ0n) is 14.9. The number of fused-ring (bicyclic) bond motifs is 1. The first-order valence-electron chi connectivity index (χ1n) is 8.76. The molecule has 1 saturated heterocycles. The lowest BCUT2D eigenvalue weighted by atomic mass is 10.2. The first-order chi connectivity index (χ1) is 13.3. The molecule has 1 fully saturated rings. The minimum absolute atomic E-state index is 0.0283. The van der Waals surface area contributed by atoms with Crippen molar-refractivity contribution in [2.24, 2.45) is 0 Å². The summed E-state index contributed by atoms with van der Waals surface area (Å²) in [6, 6.07) is 4.87. The lowest BCUT2D eigenvalue weighted by Crippen LogP contribution is -2.41. The quantitative estimate of drug-likeness (QED) is 0.743. The summed E-state index contributed by atoms with van der Waals surface area (Å²) < 4.78 is 41.2. The summed E-state index contributed by atoms with van der Waals surface area (Å²) in [5, 5.41) is 7.01. The molecule has 3 aromatic heterocycles. The van der Waals surface area contributed by atoms with Crippen LogP contribution in [0, 0.1) is 6.92 Å². The van der Waals surface area contributed by atoms with E-state index in [0.717, 1.165) is 0 Å². The van der Waals surface area contributed by atoms with Gasteiger partial charge in [0.1, 0.15) is 11.9 Å². The molecule has 146 valence electrons. The van der Waals surface area contributed by atoms with Crippen molar-refractivity contribution in [1.82, 2.24) is 19.6 Å². The zero-order chi connectivity index (χ0) is 19.9. The van der Waals surface area contributed by atoms with E-state index in [1.165, 1.54) is 21.7 Å². The Kier molecular flexibility index (Phi) is 4.40. The number of imidazole rings is 1. The van der Waals surface area contributed by atoms with Crippen LogP contribution in [0.15, 0.2) is 36.7 Å². The molecule has 1 N–H and O–H groups in total. The van der Waals surface area contributed by atoms with Gasteiger partial charge in [-0.2, -0.15) is 13.2 Å². The van der Waals surface area contributed by atoms with Gasteiger partial charge in [-0.05, 0) is 44.0 Å². The smallest absolute Gasteiger partial charge is 0.343 e. The van der Waals surface area contributed by atoms with E-state index in [-0.39, 0.29) is 24.5 Å². The van der Waals surface area contributed by atoms with E-state index in [9.17, 15) is 18.0 Å². The fourth-order valence-electron chi connectivity index (χ4n) is 3.46. The van der Waals surface area contributed by atoms with Crippen LogP contribution in [-0.2, 0) is 0 Å². The fourth-order valence-corrected chi connectivity index (χ4v) is 3.46. The van der Waals surface area contributed by atoms with E-state index >= 15 is 0 Å². The maximum atomic E-state index is 13.3. The SMILES string of the molecule is Cc1nc2ccc(N3CCC[C@H]3C(F)(F)F)nn2c1C(=O)Nc1cccnc1. The molecule has 0 saturated carbocycles. The fraction of sp³-hybridized carbons (Fsp3) is 0.333. The molecule has 3 aromatic rings. The molecule has 0 radical (unpaired) electrons. The number of amides is 1. The number of hydrogen-bond acceptors (Lipinski definition) is 5. The van der Waals surface area contributed by atoms with Crippen molar-refractivity contribution >= 4 is 23.1 Å². The first-order valence-corrected chi connectivity index (χ1v) is 8.76. The van der Waals surface area contributed by atoms with Crippen LogP contribution in [0.1, 0.15) is 29.0 Å². The van der Waals surface area contributed by atoms with Crippen molar-refractivity contribution in [2.45, 2.75) is 32.0 Å². The number of carbonyl (C=O) groups excluding carboxylic acids is 1. The van der Waals surface area contributed by atoms with Gasteiger partial charge in [-0.15, -0.1) is 5.10 Å². The minimum Gasteiger partial charge on any atom is -0.343 e. The molecule has 10 heteroatoms. The second kappa shape index (κ2) is 6.77. The van der Waals surface area contributed by atoms with Crippen molar-refractivity contribution in [2.75, 3.05) is 16.8 Å². The number of nitrogens with one attached hydrogen (secondary N) is 1. The third kappa shape index (κ3) is 3.25. The molecule has 4 rings (SSSR count). The average Bonchev–Trinajstić information content (AvgIpc) is 3.25. The molecule has 0 aliphatic carbocycles. The number of hydrogen-bond donors (Lipinski definition) is 1. The second-order valence-corrected chi connectivity index (χ2v) is 6.60. The second-order valence-electron chi connectivity index (χ2n) is 6.60. The molecule has 1 aliphatic rings. The Morgan fingerprint density at radius 2 is 2.11 bits per heavy atom. The van der Waals surface area contributed by atoms with Crippen LogP contribution in [0.2, 0.25) is 0 Å². The largest absolute Gasteiger partial charge is 0.408 e. The maximum Gasteiger partial charge on any atom is 0.408 e. The van der Waals surface area contributed by atoms with Crippen molar-refractivity contribution in [3.63, 3.8) is 0 Å². The van der Waals surface area contributed by atoms with Gasteiger partial charge in [-0.25, -0.2) is 9.50 Å². The van der Waals surface area contributed by atoms with E-state index in [2.05, 4.69) is 20.4 Å². The van der Waals surface area contributed by atoms with E-state index in [1.54, 1.807) is 31.3 Å². The molecule has 1 amide bonds. The minimum atomic E-state index is -4.33. The van der Waals surface area contributed by atoms with Gasteiger partial charge in [0, 0.05) is 12.7 Å². The summed E-state index contributed by atoms with van der Waals surface area (Å²) in [6.45, 7) is 1.91. The Balaban J connectivity index is 1.71. The molecule has 0 spiro atoms. The lowest BCUT2D eigenvalue weighted by Gasteiger charge is -2.27. The van der Waals surface area contributed by atoms with Crippen LogP contribution in [-0.4, -0.2) is 44.3 Å². The standard InChI is InChI=1S/C18H17F3N6O/c1-11-16(17(28)24-12-4-2-8-22-10-12)27-14(23-11)6-7-15(25-27)26-9-3-5-13(26)18(19,20)21/h2,4,6-8,10,13H,3,5,9H2,1H3,(H,24,28)/t13-/m0/s1. The lowest BCUT2D eigenvalue weighted by molar-refractivity contribution is -0.146. The molecule has 0 aromatic carbocycles. The number of rotatable bonds is 3. The van der Waals surface area contributed by atoms with Gasteiger partial charge in [0.2, 0.25) is 0 Å². The number of anilines is 2. The van der Waals surface area contributed by atoms with Crippen LogP contribution >= 0.6 is 0 Å². The molecule has 0 bridgehead atoms. The van der Waals surface area contributed by atoms with Crippen LogP contribution in [0.3, 0.4) is 0 Å². The summed E-state index contributed by atoms with van der Waals surface area (Å²) in [5.41, 5.74) is 1.48. The average molecular weight is 390 g/mol. The highest BCUT2D eigenvalue weighted by Gasteiger charge is 2.46. The number of nitrogens with zero attached hydrogens (tertiary/aromatic N) is 5. The number of halogens is 3. The molecule has 28 heavy (non-hydrogen) atoms. The molecule has 0 unspecified atom stereocenters. The Bertz CT molecular complexity index is 1020. The summed E-state index contributed by atoms with van der Waals surface area (Å²) in [5.74, 6) is -0.295. The molecule has 1 atom stereocenters.